The molecule has 1 aromatic heterocycles. The van der Waals surface area contributed by atoms with Crippen LogP contribution in [-0.4, -0.2) is 72.6 Å². The highest BCUT2D eigenvalue weighted by molar-refractivity contribution is 7.89. The second-order valence-corrected chi connectivity index (χ2v) is 11.2. The Hall–Kier alpha value is -2.33. The maximum atomic E-state index is 13.5. The fourth-order valence-electron chi connectivity index (χ4n) is 4.40. The molecule has 0 N–H and O–H groups in total. The molecule has 0 spiro atoms. The summed E-state index contributed by atoms with van der Waals surface area (Å²) in [6.45, 7) is 8.69. The summed E-state index contributed by atoms with van der Waals surface area (Å²) >= 11 is 12.8. The van der Waals surface area contributed by atoms with Crippen LogP contribution in [0.25, 0.3) is 10.9 Å². The number of anilines is 1. The number of aromatic nitrogens is 2. The summed E-state index contributed by atoms with van der Waals surface area (Å²) in [6.07, 6.45) is 0. The summed E-state index contributed by atoms with van der Waals surface area (Å²) < 4.78 is 30.2. The Morgan fingerprint density at radius 3 is 2.23 bits per heavy atom. The van der Waals surface area contributed by atoms with E-state index < -0.39 is 10.0 Å². The van der Waals surface area contributed by atoms with Gasteiger partial charge in [-0.05, 0) is 44.2 Å². The first-order valence-electron chi connectivity index (χ1n) is 11.6. The number of halogens is 2. The molecule has 1 aliphatic heterocycles. The summed E-state index contributed by atoms with van der Waals surface area (Å²) in [5.41, 5.74) is 1.55. The van der Waals surface area contributed by atoms with Crippen molar-refractivity contribution >= 4 is 55.9 Å². The molecule has 1 aliphatic rings. The number of benzene rings is 2. The highest BCUT2D eigenvalue weighted by Gasteiger charge is 2.30. The molecule has 1 fully saturated rings. The summed E-state index contributed by atoms with van der Waals surface area (Å²) in [4.78, 5) is 15.6. The van der Waals surface area contributed by atoms with Gasteiger partial charge in [-0.15, -0.1) is 0 Å². The Kier molecular flexibility index (Phi) is 7.61. The van der Waals surface area contributed by atoms with Crippen LogP contribution >= 0.6 is 23.2 Å². The quantitative estimate of drug-likeness (QED) is 0.453. The minimum atomic E-state index is -3.72. The van der Waals surface area contributed by atoms with Crippen molar-refractivity contribution in [2.45, 2.75) is 32.2 Å². The van der Waals surface area contributed by atoms with E-state index in [-0.39, 0.29) is 23.9 Å². The van der Waals surface area contributed by atoms with Gasteiger partial charge in [-0.1, -0.05) is 29.3 Å². The Labute approximate surface area is 216 Å². The van der Waals surface area contributed by atoms with Gasteiger partial charge in [-0.2, -0.15) is 9.40 Å². The first kappa shape index (κ1) is 25.8. The van der Waals surface area contributed by atoms with Crippen molar-refractivity contribution in [1.82, 2.24) is 19.0 Å². The molecule has 0 radical (unpaired) electrons. The number of piperazine rings is 1. The molecule has 0 aliphatic carbocycles. The fourth-order valence-corrected chi connectivity index (χ4v) is 6.37. The molecule has 4 rings (SSSR count). The zero-order chi connectivity index (χ0) is 25.3. The summed E-state index contributed by atoms with van der Waals surface area (Å²) in [7, 11) is -3.72. The van der Waals surface area contributed by atoms with Gasteiger partial charge in [-0.3, -0.25) is 9.48 Å². The molecule has 8 nitrogen and oxygen atoms in total. The molecule has 0 unspecified atom stereocenters. The Morgan fingerprint density at radius 2 is 1.66 bits per heavy atom. The van der Waals surface area contributed by atoms with Crippen LogP contribution in [0.3, 0.4) is 0 Å². The third-order valence-electron chi connectivity index (χ3n) is 6.46. The number of fused-ring (bicyclic) bond motifs is 1. The van der Waals surface area contributed by atoms with Crippen molar-refractivity contribution in [1.29, 1.82) is 0 Å². The van der Waals surface area contributed by atoms with Crippen LogP contribution in [0.1, 0.15) is 26.3 Å². The zero-order valence-corrected chi connectivity index (χ0v) is 22.4. The maximum absolute atomic E-state index is 13.5. The second kappa shape index (κ2) is 10.3. The van der Waals surface area contributed by atoms with Crippen molar-refractivity contribution in [3.05, 3.63) is 52.0 Å². The minimum absolute atomic E-state index is 0.0432. The average molecular weight is 539 g/mol. The van der Waals surface area contributed by atoms with Gasteiger partial charge >= 0.3 is 0 Å². The largest absolute Gasteiger partial charge is 0.355 e. The van der Waals surface area contributed by atoms with Gasteiger partial charge in [0.15, 0.2) is 5.82 Å². The topological polar surface area (TPSA) is 78.8 Å². The summed E-state index contributed by atoms with van der Waals surface area (Å²) in [5.74, 6) is 0.671. The van der Waals surface area contributed by atoms with Gasteiger partial charge in [-0.25, -0.2) is 8.42 Å². The molecule has 0 atom stereocenters. The number of sulfonamides is 1. The maximum Gasteiger partial charge on any atom is 0.243 e. The first-order chi connectivity index (χ1) is 16.7. The van der Waals surface area contributed by atoms with E-state index in [4.69, 9.17) is 28.3 Å². The fraction of sp³-hybridized carbons (Fsp3) is 0.417. The Bertz CT molecular complexity index is 1330. The number of amides is 1. The predicted molar refractivity (Wildman–Crippen MR) is 140 cm³/mol. The van der Waals surface area contributed by atoms with Gasteiger partial charge < -0.3 is 9.80 Å². The molecule has 1 saturated heterocycles. The minimum Gasteiger partial charge on any atom is -0.355 e. The van der Waals surface area contributed by atoms with Crippen molar-refractivity contribution in [2.75, 3.05) is 44.2 Å². The predicted octanol–water partition coefficient (Wildman–Crippen LogP) is 4.09. The van der Waals surface area contributed by atoms with Crippen LogP contribution in [0.4, 0.5) is 5.82 Å². The molecule has 188 valence electrons. The van der Waals surface area contributed by atoms with E-state index in [2.05, 4.69) is 4.90 Å². The Balaban J connectivity index is 1.76. The molecule has 2 aromatic carbocycles. The van der Waals surface area contributed by atoms with Gasteiger partial charge in [0.25, 0.3) is 0 Å². The standard InChI is InChI=1S/C24H29Cl2N5O3S/c1-4-28(5-2)24-19-15-18(35(33,34)30-13-11-29(12-14-30)17(3)32)9-10-23(19)31(27-24)16-20-21(25)7-6-8-22(20)26/h6-10,15H,4-5,11-14,16H2,1-3H3. The van der Waals surface area contributed by atoms with E-state index in [1.807, 2.05) is 18.5 Å². The number of rotatable bonds is 7. The van der Waals surface area contributed by atoms with Crippen molar-refractivity contribution < 1.29 is 13.2 Å². The van der Waals surface area contributed by atoms with E-state index in [1.54, 1.807) is 41.3 Å². The lowest BCUT2D eigenvalue weighted by atomic mass is 10.2. The lowest BCUT2D eigenvalue weighted by Crippen LogP contribution is -2.49. The van der Waals surface area contributed by atoms with Crippen LogP contribution in [0, 0.1) is 0 Å². The molecule has 11 heteroatoms. The molecule has 3 aromatic rings. The van der Waals surface area contributed by atoms with E-state index in [9.17, 15) is 13.2 Å². The molecule has 0 saturated carbocycles. The SMILES string of the molecule is CCN(CC)c1nn(Cc2c(Cl)cccc2Cl)c2ccc(S(=O)(=O)N3CCN(C(C)=O)CC3)cc12. The van der Waals surface area contributed by atoms with Crippen LogP contribution in [-0.2, 0) is 21.4 Å². The molecule has 35 heavy (non-hydrogen) atoms. The smallest absolute Gasteiger partial charge is 0.243 e. The van der Waals surface area contributed by atoms with E-state index in [1.165, 1.54) is 11.2 Å². The number of hydrogen-bond donors (Lipinski definition) is 0. The van der Waals surface area contributed by atoms with Gasteiger partial charge in [0.2, 0.25) is 15.9 Å². The highest BCUT2D eigenvalue weighted by Crippen LogP contribution is 2.32. The average Bonchev–Trinajstić information content (AvgIpc) is 3.20. The van der Waals surface area contributed by atoms with Crippen molar-refractivity contribution in [3.63, 3.8) is 0 Å². The first-order valence-corrected chi connectivity index (χ1v) is 13.8. The molecular weight excluding hydrogens is 509 g/mol. The Morgan fingerprint density at radius 1 is 1.03 bits per heavy atom. The highest BCUT2D eigenvalue weighted by atomic mass is 35.5. The number of hydrogen-bond acceptors (Lipinski definition) is 5. The van der Waals surface area contributed by atoms with E-state index >= 15 is 0 Å². The normalized spacial score (nSPS) is 15.1. The van der Waals surface area contributed by atoms with Crippen LogP contribution < -0.4 is 4.90 Å². The molecule has 0 bridgehead atoms. The number of nitrogens with zero attached hydrogens (tertiary/aromatic N) is 5. The van der Waals surface area contributed by atoms with Crippen molar-refractivity contribution in [2.24, 2.45) is 0 Å². The van der Waals surface area contributed by atoms with E-state index in [0.717, 1.165) is 29.6 Å². The molecule has 2 heterocycles. The van der Waals surface area contributed by atoms with Crippen LogP contribution in [0.2, 0.25) is 10.0 Å². The lowest BCUT2D eigenvalue weighted by Gasteiger charge is -2.33. The monoisotopic (exact) mass is 537 g/mol. The van der Waals surface area contributed by atoms with Crippen molar-refractivity contribution in [3.8, 4) is 0 Å². The second-order valence-electron chi connectivity index (χ2n) is 8.44. The van der Waals surface area contributed by atoms with E-state index in [0.29, 0.717) is 35.5 Å². The third kappa shape index (κ3) is 5.00. The number of carbonyl (C=O) groups is 1. The zero-order valence-electron chi connectivity index (χ0n) is 20.0. The van der Waals surface area contributed by atoms with Gasteiger partial charge in [0.1, 0.15) is 0 Å². The van der Waals surface area contributed by atoms with Gasteiger partial charge in [0, 0.05) is 67.2 Å². The molecular formula is C24H29Cl2N5O3S. The third-order valence-corrected chi connectivity index (χ3v) is 9.06. The van der Waals surface area contributed by atoms with Crippen LogP contribution in [0.5, 0.6) is 0 Å². The van der Waals surface area contributed by atoms with Gasteiger partial charge in [0.05, 0.1) is 17.0 Å². The summed E-state index contributed by atoms with van der Waals surface area (Å²) in [5, 5.41) is 6.70. The van der Waals surface area contributed by atoms with Crippen LogP contribution in [0.15, 0.2) is 41.3 Å². The lowest BCUT2D eigenvalue weighted by molar-refractivity contribution is -0.129. The summed E-state index contributed by atoms with van der Waals surface area (Å²) in [6, 6.07) is 10.5. The number of carbonyl (C=O) groups excluding carboxylic acids is 1. The molecule has 1 amide bonds.